The minimum atomic E-state index is -0.842. The van der Waals surface area contributed by atoms with E-state index in [0.717, 1.165) is 5.56 Å². The van der Waals surface area contributed by atoms with Crippen molar-refractivity contribution in [3.05, 3.63) is 35.6 Å². The molecule has 1 nitrogen and oxygen atoms in total. The fourth-order valence-electron chi connectivity index (χ4n) is 1.67. The lowest BCUT2D eigenvalue weighted by Gasteiger charge is -2.12. The maximum atomic E-state index is 13.2. The standard InChI is InChI=1S/C10H11F2N/c11-8-3-1-7(2-4-8)10-9(12)5-6-13-10/h1-4,9-10,13H,5-6H2. The molecule has 1 aliphatic rings. The molecule has 3 heteroatoms. The predicted molar refractivity (Wildman–Crippen MR) is 46.7 cm³/mol. The molecule has 1 fully saturated rings. The highest BCUT2D eigenvalue weighted by Crippen LogP contribution is 2.26. The van der Waals surface area contributed by atoms with Crippen LogP contribution < -0.4 is 5.32 Å². The van der Waals surface area contributed by atoms with Crippen LogP contribution in [0.2, 0.25) is 0 Å². The lowest BCUT2D eigenvalue weighted by atomic mass is 10.0. The Morgan fingerprint density at radius 1 is 1.23 bits per heavy atom. The van der Waals surface area contributed by atoms with Gasteiger partial charge in [0.15, 0.2) is 0 Å². The summed E-state index contributed by atoms with van der Waals surface area (Å²) in [5.74, 6) is -0.280. The smallest absolute Gasteiger partial charge is 0.123 e. The molecule has 0 amide bonds. The van der Waals surface area contributed by atoms with Crippen molar-refractivity contribution in [2.75, 3.05) is 6.54 Å². The number of alkyl halides is 1. The van der Waals surface area contributed by atoms with Crippen LogP contribution in [0, 0.1) is 5.82 Å². The van der Waals surface area contributed by atoms with Gasteiger partial charge in [-0.15, -0.1) is 0 Å². The zero-order valence-electron chi connectivity index (χ0n) is 7.13. The van der Waals surface area contributed by atoms with Gasteiger partial charge in [0.2, 0.25) is 0 Å². The molecule has 1 aromatic carbocycles. The van der Waals surface area contributed by atoms with Crippen LogP contribution in [0.5, 0.6) is 0 Å². The van der Waals surface area contributed by atoms with Gasteiger partial charge in [-0.3, -0.25) is 0 Å². The van der Waals surface area contributed by atoms with Gasteiger partial charge in [0.1, 0.15) is 12.0 Å². The predicted octanol–water partition coefficient (Wildman–Crippen LogP) is 2.20. The number of rotatable bonds is 1. The lowest BCUT2D eigenvalue weighted by molar-refractivity contribution is 0.304. The number of nitrogens with one attached hydrogen (secondary N) is 1. The summed E-state index contributed by atoms with van der Waals surface area (Å²) in [5, 5.41) is 3.04. The zero-order chi connectivity index (χ0) is 9.26. The van der Waals surface area contributed by atoms with Gasteiger partial charge >= 0.3 is 0 Å². The highest BCUT2D eigenvalue weighted by molar-refractivity contribution is 5.22. The summed E-state index contributed by atoms with van der Waals surface area (Å²) in [7, 11) is 0. The molecule has 0 aliphatic carbocycles. The number of halogens is 2. The van der Waals surface area contributed by atoms with E-state index in [0.29, 0.717) is 13.0 Å². The van der Waals surface area contributed by atoms with E-state index >= 15 is 0 Å². The Morgan fingerprint density at radius 2 is 1.92 bits per heavy atom. The first-order valence-electron chi connectivity index (χ1n) is 4.40. The summed E-state index contributed by atoms with van der Waals surface area (Å²) in [4.78, 5) is 0. The van der Waals surface area contributed by atoms with Crippen LogP contribution in [0.4, 0.5) is 8.78 Å². The molecule has 13 heavy (non-hydrogen) atoms. The van der Waals surface area contributed by atoms with Crippen LogP contribution in [0.15, 0.2) is 24.3 Å². The molecule has 2 unspecified atom stereocenters. The molecule has 1 heterocycles. The normalized spacial score (nSPS) is 27.8. The third-order valence-electron chi connectivity index (χ3n) is 2.38. The van der Waals surface area contributed by atoms with Crippen molar-refractivity contribution in [2.24, 2.45) is 0 Å². The molecule has 0 bridgehead atoms. The zero-order valence-corrected chi connectivity index (χ0v) is 7.13. The van der Waals surface area contributed by atoms with Gasteiger partial charge < -0.3 is 5.32 Å². The fourth-order valence-corrected chi connectivity index (χ4v) is 1.67. The molecule has 0 radical (unpaired) electrons. The van der Waals surface area contributed by atoms with E-state index in [9.17, 15) is 8.78 Å². The molecule has 1 N–H and O–H groups in total. The molecule has 2 rings (SSSR count). The average Bonchev–Trinajstić information content (AvgIpc) is 2.53. The third kappa shape index (κ3) is 1.70. The van der Waals surface area contributed by atoms with Crippen molar-refractivity contribution in [1.29, 1.82) is 0 Å². The van der Waals surface area contributed by atoms with E-state index in [1.165, 1.54) is 12.1 Å². The van der Waals surface area contributed by atoms with Gasteiger partial charge in [0.05, 0.1) is 6.04 Å². The van der Waals surface area contributed by atoms with Crippen LogP contribution >= 0.6 is 0 Å². The van der Waals surface area contributed by atoms with Crippen molar-refractivity contribution < 1.29 is 8.78 Å². The highest BCUT2D eigenvalue weighted by atomic mass is 19.1. The Morgan fingerprint density at radius 3 is 2.46 bits per heavy atom. The van der Waals surface area contributed by atoms with Crippen LogP contribution in [-0.2, 0) is 0 Å². The van der Waals surface area contributed by atoms with Gasteiger partial charge in [-0.1, -0.05) is 12.1 Å². The van der Waals surface area contributed by atoms with Crippen LogP contribution in [0.25, 0.3) is 0 Å². The first-order valence-corrected chi connectivity index (χ1v) is 4.40. The van der Waals surface area contributed by atoms with Gasteiger partial charge in [-0.25, -0.2) is 8.78 Å². The summed E-state index contributed by atoms with van der Waals surface area (Å²) in [6.07, 6.45) is -0.298. The highest BCUT2D eigenvalue weighted by Gasteiger charge is 2.27. The lowest BCUT2D eigenvalue weighted by Crippen LogP contribution is -2.18. The van der Waals surface area contributed by atoms with Gasteiger partial charge in [-0.2, -0.15) is 0 Å². The van der Waals surface area contributed by atoms with Crippen molar-refractivity contribution in [3.8, 4) is 0 Å². The van der Waals surface area contributed by atoms with E-state index in [1.54, 1.807) is 12.1 Å². The van der Waals surface area contributed by atoms with E-state index in [2.05, 4.69) is 5.32 Å². The number of hydrogen-bond donors (Lipinski definition) is 1. The second-order valence-corrected chi connectivity index (χ2v) is 3.29. The molecule has 70 valence electrons. The monoisotopic (exact) mass is 183 g/mol. The first kappa shape index (κ1) is 8.63. The first-order chi connectivity index (χ1) is 6.27. The van der Waals surface area contributed by atoms with Gasteiger partial charge in [0.25, 0.3) is 0 Å². The summed E-state index contributed by atoms with van der Waals surface area (Å²) >= 11 is 0. The van der Waals surface area contributed by atoms with Gasteiger partial charge in [-0.05, 0) is 30.7 Å². The van der Waals surface area contributed by atoms with E-state index in [1.807, 2.05) is 0 Å². The van der Waals surface area contributed by atoms with Crippen molar-refractivity contribution in [3.63, 3.8) is 0 Å². The summed E-state index contributed by atoms with van der Waals surface area (Å²) in [5.41, 5.74) is 0.825. The minimum absolute atomic E-state index is 0.249. The molecule has 0 aromatic heterocycles. The van der Waals surface area contributed by atoms with Crippen molar-refractivity contribution in [1.82, 2.24) is 5.32 Å². The largest absolute Gasteiger partial charge is 0.307 e. The Kier molecular flexibility index (Phi) is 2.27. The summed E-state index contributed by atoms with van der Waals surface area (Å²) < 4.78 is 25.8. The Bertz CT molecular complexity index is 283. The molecule has 0 saturated carbocycles. The maximum absolute atomic E-state index is 13.2. The Hall–Kier alpha value is -0.960. The van der Waals surface area contributed by atoms with Gasteiger partial charge in [0, 0.05) is 0 Å². The fraction of sp³-hybridized carbons (Fsp3) is 0.400. The number of hydrogen-bond acceptors (Lipinski definition) is 1. The van der Waals surface area contributed by atoms with Crippen molar-refractivity contribution in [2.45, 2.75) is 18.6 Å². The molecule has 0 spiro atoms. The van der Waals surface area contributed by atoms with Crippen LogP contribution in [0.3, 0.4) is 0 Å². The van der Waals surface area contributed by atoms with E-state index in [-0.39, 0.29) is 11.9 Å². The summed E-state index contributed by atoms with van der Waals surface area (Å²) in [6, 6.07) is 5.74. The second kappa shape index (κ2) is 3.42. The quantitative estimate of drug-likeness (QED) is 0.703. The SMILES string of the molecule is Fc1ccc(C2NCCC2F)cc1. The number of benzene rings is 1. The third-order valence-corrected chi connectivity index (χ3v) is 2.38. The van der Waals surface area contributed by atoms with E-state index < -0.39 is 6.17 Å². The summed E-state index contributed by atoms with van der Waals surface area (Å²) in [6.45, 7) is 0.698. The van der Waals surface area contributed by atoms with Crippen LogP contribution in [-0.4, -0.2) is 12.7 Å². The second-order valence-electron chi connectivity index (χ2n) is 3.29. The Labute approximate surface area is 75.8 Å². The Balaban J connectivity index is 2.20. The minimum Gasteiger partial charge on any atom is -0.307 e. The van der Waals surface area contributed by atoms with Crippen molar-refractivity contribution >= 4 is 0 Å². The topological polar surface area (TPSA) is 12.0 Å². The van der Waals surface area contributed by atoms with E-state index in [4.69, 9.17) is 0 Å². The molecule has 1 saturated heterocycles. The molecule has 1 aromatic rings. The molecule has 2 atom stereocenters. The molecule has 1 aliphatic heterocycles. The maximum Gasteiger partial charge on any atom is 0.123 e. The molecular formula is C10H11F2N. The van der Waals surface area contributed by atoms with Crippen LogP contribution in [0.1, 0.15) is 18.0 Å². The molecular weight excluding hydrogens is 172 g/mol. The average molecular weight is 183 g/mol.